The van der Waals surface area contributed by atoms with Crippen LogP contribution in [0.25, 0.3) is 0 Å². The maximum absolute atomic E-state index is 3.70. The van der Waals surface area contributed by atoms with Gasteiger partial charge >= 0.3 is 0 Å². The molecular formula is C14H29N3. The van der Waals surface area contributed by atoms with Crippen molar-refractivity contribution in [2.45, 2.75) is 50.6 Å². The lowest BCUT2D eigenvalue weighted by Gasteiger charge is -2.35. The highest BCUT2D eigenvalue weighted by atomic mass is 15.2. The van der Waals surface area contributed by atoms with E-state index in [1.165, 1.54) is 64.7 Å². The van der Waals surface area contributed by atoms with Gasteiger partial charge in [-0.3, -0.25) is 4.90 Å². The lowest BCUT2D eigenvalue weighted by atomic mass is 9.94. The summed E-state index contributed by atoms with van der Waals surface area (Å²) < 4.78 is 0. The zero-order valence-electron chi connectivity index (χ0n) is 11.6. The maximum atomic E-state index is 3.70. The molecule has 2 aliphatic rings. The van der Waals surface area contributed by atoms with Gasteiger partial charge in [0.25, 0.3) is 0 Å². The zero-order chi connectivity index (χ0) is 12.1. The van der Waals surface area contributed by atoms with E-state index in [2.05, 4.69) is 29.2 Å². The molecule has 0 aromatic carbocycles. The van der Waals surface area contributed by atoms with Gasteiger partial charge in [-0.2, -0.15) is 0 Å². The quantitative estimate of drug-likeness (QED) is 0.806. The Labute approximate surface area is 107 Å². The van der Waals surface area contributed by atoms with E-state index in [-0.39, 0.29) is 0 Å². The first kappa shape index (κ1) is 13.3. The molecule has 17 heavy (non-hydrogen) atoms. The van der Waals surface area contributed by atoms with Crippen molar-refractivity contribution < 1.29 is 0 Å². The Morgan fingerprint density at radius 3 is 2.59 bits per heavy atom. The summed E-state index contributed by atoms with van der Waals surface area (Å²) in [6.45, 7) is 4.93. The van der Waals surface area contributed by atoms with Crippen molar-refractivity contribution in [1.82, 2.24) is 15.1 Å². The number of likely N-dealkylation sites (N-methyl/N-ethyl adjacent to an activating group) is 1. The molecule has 2 fully saturated rings. The van der Waals surface area contributed by atoms with E-state index in [1.807, 2.05) is 0 Å². The van der Waals surface area contributed by atoms with Crippen LogP contribution in [-0.2, 0) is 0 Å². The third kappa shape index (κ3) is 4.23. The summed E-state index contributed by atoms with van der Waals surface area (Å²) in [5.41, 5.74) is 0. The Morgan fingerprint density at radius 1 is 1.12 bits per heavy atom. The van der Waals surface area contributed by atoms with Crippen LogP contribution in [0.1, 0.15) is 38.5 Å². The Hall–Kier alpha value is -0.120. The molecule has 0 bridgehead atoms. The lowest BCUT2D eigenvalue weighted by molar-refractivity contribution is 0.147. The van der Waals surface area contributed by atoms with E-state index in [9.17, 15) is 0 Å². The van der Waals surface area contributed by atoms with E-state index in [1.54, 1.807) is 0 Å². The van der Waals surface area contributed by atoms with Crippen LogP contribution in [0.5, 0.6) is 0 Å². The Kier molecular flexibility index (Phi) is 5.26. The Morgan fingerprint density at radius 2 is 1.88 bits per heavy atom. The van der Waals surface area contributed by atoms with Crippen molar-refractivity contribution in [1.29, 1.82) is 0 Å². The highest BCUT2D eigenvalue weighted by Gasteiger charge is 2.25. The van der Waals surface area contributed by atoms with Crippen molar-refractivity contribution in [3.63, 3.8) is 0 Å². The highest BCUT2D eigenvalue weighted by Crippen LogP contribution is 2.23. The van der Waals surface area contributed by atoms with Gasteiger partial charge in [-0.25, -0.2) is 0 Å². The molecule has 0 spiro atoms. The molecule has 2 rings (SSSR count). The highest BCUT2D eigenvalue weighted by molar-refractivity contribution is 4.83. The number of rotatable bonds is 3. The van der Waals surface area contributed by atoms with Crippen LogP contribution in [0.15, 0.2) is 0 Å². The molecule has 3 heteroatoms. The van der Waals surface area contributed by atoms with Gasteiger partial charge in [-0.05, 0) is 46.4 Å². The van der Waals surface area contributed by atoms with E-state index in [0.29, 0.717) is 6.04 Å². The van der Waals surface area contributed by atoms with Crippen LogP contribution in [0.4, 0.5) is 0 Å². The predicted octanol–water partition coefficient (Wildman–Crippen LogP) is 1.54. The number of hydrogen-bond acceptors (Lipinski definition) is 3. The second-order valence-electron chi connectivity index (χ2n) is 6.05. The van der Waals surface area contributed by atoms with Gasteiger partial charge in [0, 0.05) is 25.2 Å². The molecule has 1 saturated heterocycles. The van der Waals surface area contributed by atoms with Crippen molar-refractivity contribution in [3.8, 4) is 0 Å². The van der Waals surface area contributed by atoms with Crippen LogP contribution < -0.4 is 5.32 Å². The molecule has 1 saturated carbocycles. The van der Waals surface area contributed by atoms with Crippen LogP contribution >= 0.6 is 0 Å². The van der Waals surface area contributed by atoms with Gasteiger partial charge < -0.3 is 10.2 Å². The summed E-state index contributed by atoms with van der Waals surface area (Å²) in [6, 6.07) is 1.54. The number of nitrogens with one attached hydrogen (secondary N) is 1. The molecule has 1 heterocycles. The fraction of sp³-hybridized carbons (Fsp3) is 1.00. The summed E-state index contributed by atoms with van der Waals surface area (Å²) in [5.74, 6) is 0. The zero-order valence-corrected chi connectivity index (χ0v) is 11.6. The molecule has 0 amide bonds. The van der Waals surface area contributed by atoms with Crippen molar-refractivity contribution in [2.75, 3.05) is 40.3 Å². The number of hydrogen-bond donors (Lipinski definition) is 1. The van der Waals surface area contributed by atoms with Crippen LogP contribution in [0, 0.1) is 0 Å². The first-order valence-corrected chi connectivity index (χ1v) is 7.38. The topological polar surface area (TPSA) is 18.5 Å². The molecule has 100 valence electrons. The average molecular weight is 239 g/mol. The first-order chi connectivity index (χ1) is 8.25. The Balaban J connectivity index is 1.86. The number of nitrogens with zero attached hydrogens (tertiary/aromatic N) is 2. The van der Waals surface area contributed by atoms with Crippen LogP contribution in [-0.4, -0.2) is 62.2 Å². The molecule has 1 N–H and O–H groups in total. The largest absolute Gasteiger partial charge is 0.311 e. The predicted molar refractivity (Wildman–Crippen MR) is 73.4 cm³/mol. The molecule has 0 aromatic heterocycles. The monoisotopic (exact) mass is 239 g/mol. The van der Waals surface area contributed by atoms with Crippen molar-refractivity contribution in [2.24, 2.45) is 0 Å². The van der Waals surface area contributed by atoms with E-state index < -0.39 is 0 Å². The fourth-order valence-electron chi connectivity index (χ4n) is 3.37. The van der Waals surface area contributed by atoms with Crippen molar-refractivity contribution in [3.05, 3.63) is 0 Å². The molecule has 0 radical (unpaired) electrons. The van der Waals surface area contributed by atoms with E-state index in [4.69, 9.17) is 0 Å². The third-order valence-electron chi connectivity index (χ3n) is 4.19. The van der Waals surface area contributed by atoms with Crippen LogP contribution in [0.2, 0.25) is 0 Å². The summed E-state index contributed by atoms with van der Waals surface area (Å²) in [5, 5.41) is 3.70. The van der Waals surface area contributed by atoms with Gasteiger partial charge in [0.05, 0.1) is 0 Å². The van der Waals surface area contributed by atoms with E-state index >= 15 is 0 Å². The van der Waals surface area contributed by atoms with Gasteiger partial charge in [-0.15, -0.1) is 0 Å². The summed E-state index contributed by atoms with van der Waals surface area (Å²) in [6.07, 6.45) is 8.56. The summed E-state index contributed by atoms with van der Waals surface area (Å²) in [7, 11) is 4.36. The summed E-state index contributed by atoms with van der Waals surface area (Å²) >= 11 is 0. The van der Waals surface area contributed by atoms with Crippen molar-refractivity contribution >= 4 is 0 Å². The van der Waals surface area contributed by atoms with E-state index in [0.717, 1.165) is 6.04 Å². The minimum absolute atomic E-state index is 0.662. The third-order valence-corrected chi connectivity index (χ3v) is 4.19. The molecule has 1 aliphatic heterocycles. The molecule has 3 nitrogen and oxygen atoms in total. The van der Waals surface area contributed by atoms with Gasteiger partial charge in [0.2, 0.25) is 0 Å². The maximum Gasteiger partial charge on any atom is 0.0322 e. The normalized spacial score (nSPS) is 29.5. The van der Waals surface area contributed by atoms with Gasteiger partial charge in [-0.1, -0.05) is 19.3 Å². The Bertz CT molecular complexity index is 212. The van der Waals surface area contributed by atoms with Crippen LogP contribution in [0.3, 0.4) is 0 Å². The second-order valence-corrected chi connectivity index (χ2v) is 6.05. The average Bonchev–Trinajstić information content (AvgIpc) is 2.55. The van der Waals surface area contributed by atoms with Gasteiger partial charge in [0.15, 0.2) is 0 Å². The molecule has 1 atom stereocenters. The second kappa shape index (κ2) is 6.72. The SMILES string of the molecule is CN(C)CC1CN(C2CCCCC2)CCCN1. The van der Waals surface area contributed by atoms with Gasteiger partial charge in [0.1, 0.15) is 0 Å². The fourth-order valence-corrected chi connectivity index (χ4v) is 3.37. The molecule has 0 aromatic rings. The lowest BCUT2D eigenvalue weighted by Crippen LogP contribution is -2.47. The standard InChI is InChI=1S/C14H29N3/c1-16(2)11-13-12-17(10-6-9-15-13)14-7-4-3-5-8-14/h13-15H,3-12H2,1-2H3. The minimum atomic E-state index is 0.662. The molecule has 1 aliphatic carbocycles. The molecule has 1 unspecified atom stereocenters. The minimum Gasteiger partial charge on any atom is -0.311 e. The summed E-state index contributed by atoms with van der Waals surface area (Å²) in [4.78, 5) is 5.08. The smallest absolute Gasteiger partial charge is 0.0322 e. The molecular weight excluding hydrogens is 210 g/mol. The first-order valence-electron chi connectivity index (χ1n) is 7.38.